The van der Waals surface area contributed by atoms with Crippen LogP contribution in [0.15, 0.2) is 11.4 Å². The molecule has 19 heavy (non-hydrogen) atoms. The van der Waals surface area contributed by atoms with Crippen molar-refractivity contribution in [2.45, 2.75) is 12.6 Å². The van der Waals surface area contributed by atoms with Crippen LogP contribution >= 0.6 is 0 Å². The first kappa shape index (κ1) is 13.4. The molecule has 0 radical (unpaired) electrons. The van der Waals surface area contributed by atoms with Gasteiger partial charge in [-0.1, -0.05) is 0 Å². The first-order chi connectivity index (χ1) is 8.73. The molecule has 2 rings (SSSR count). The Bertz CT molecular complexity index is 497. The molecule has 2 N–H and O–H groups in total. The molecule has 1 amide bonds. The van der Waals surface area contributed by atoms with E-state index in [0.29, 0.717) is 0 Å². The summed E-state index contributed by atoms with van der Waals surface area (Å²) >= 11 is 0. The Balaban J connectivity index is 2.44. The molecule has 2 aliphatic rings. The standard InChI is InChI=1S/C10H9F3N2O4/c11-10(12,13)7(18)6-4(3-5(16)17)9(19)15-2-1-14-8(6)15/h4,14H,1-3H2,(H,16,17). The molecule has 104 valence electrons. The molecule has 1 fully saturated rings. The maximum Gasteiger partial charge on any atom is 0.454 e. The normalized spacial score (nSPS) is 22.6. The molecule has 2 aliphatic heterocycles. The molecule has 0 spiro atoms. The van der Waals surface area contributed by atoms with Crippen molar-refractivity contribution in [2.75, 3.05) is 13.1 Å². The molecule has 9 heteroatoms. The fourth-order valence-electron chi connectivity index (χ4n) is 2.21. The number of carbonyl (C=O) groups is 3. The molecule has 2 heterocycles. The second-order valence-corrected chi connectivity index (χ2v) is 4.16. The van der Waals surface area contributed by atoms with E-state index >= 15 is 0 Å². The first-order valence-electron chi connectivity index (χ1n) is 5.36. The van der Waals surface area contributed by atoms with Crippen molar-refractivity contribution in [3.63, 3.8) is 0 Å². The molecular weight excluding hydrogens is 269 g/mol. The van der Waals surface area contributed by atoms with Gasteiger partial charge in [0.25, 0.3) is 5.78 Å². The number of Topliss-reactive ketones (excluding diaryl/α,β-unsaturated/α-hetero) is 1. The number of fused-ring (bicyclic) bond motifs is 1. The number of amides is 1. The minimum atomic E-state index is -5.14. The van der Waals surface area contributed by atoms with Crippen molar-refractivity contribution >= 4 is 17.7 Å². The van der Waals surface area contributed by atoms with Gasteiger partial charge in [0.2, 0.25) is 5.91 Å². The van der Waals surface area contributed by atoms with Crippen LogP contribution in [0.25, 0.3) is 0 Å². The highest BCUT2D eigenvalue weighted by molar-refractivity contribution is 6.09. The van der Waals surface area contributed by atoms with Crippen molar-refractivity contribution in [3.8, 4) is 0 Å². The summed E-state index contributed by atoms with van der Waals surface area (Å²) in [5.41, 5.74) is -0.794. The minimum Gasteiger partial charge on any atom is -0.481 e. The van der Waals surface area contributed by atoms with Crippen LogP contribution in [0.4, 0.5) is 13.2 Å². The lowest BCUT2D eigenvalue weighted by atomic mass is 9.93. The molecule has 1 saturated heterocycles. The van der Waals surface area contributed by atoms with Crippen molar-refractivity contribution in [1.82, 2.24) is 10.2 Å². The van der Waals surface area contributed by atoms with Crippen LogP contribution in [0.5, 0.6) is 0 Å². The second kappa shape index (κ2) is 4.25. The molecular formula is C10H9F3N2O4. The van der Waals surface area contributed by atoms with Crippen LogP contribution in [0.2, 0.25) is 0 Å². The molecule has 0 aromatic rings. The predicted molar refractivity (Wildman–Crippen MR) is 53.5 cm³/mol. The summed E-state index contributed by atoms with van der Waals surface area (Å²) in [4.78, 5) is 34.8. The average Bonchev–Trinajstić information content (AvgIpc) is 2.81. The fraction of sp³-hybridized carbons (Fsp3) is 0.500. The lowest BCUT2D eigenvalue weighted by Crippen LogP contribution is -2.32. The van der Waals surface area contributed by atoms with Crippen LogP contribution in [-0.2, 0) is 14.4 Å². The number of nitrogens with one attached hydrogen (secondary N) is 1. The van der Waals surface area contributed by atoms with E-state index in [4.69, 9.17) is 5.11 Å². The molecule has 1 unspecified atom stereocenters. The van der Waals surface area contributed by atoms with Gasteiger partial charge in [0, 0.05) is 13.1 Å². The van der Waals surface area contributed by atoms with Crippen LogP contribution in [0, 0.1) is 5.92 Å². The Hall–Kier alpha value is -2.06. The number of carboxylic acid groups (broad SMARTS) is 1. The van der Waals surface area contributed by atoms with Gasteiger partial charge in [0.15, 0.2) is 0 Å². The summed E-state index contributed by atoms with van der Waals surface area (Å²) in [6.45, 7) is 0.356. The number of aliphatic carboxylic acids is 1. The van der Waals surface area contributed by atoms with Gasteiger partial charge in [-0.2, -0.15) is 13.2 Å². The van der Waals surface area contributed by atoms with E-state index in [0.717, 1.165) is 4.90 Å². The largest absolute Gasteiger partial charge is 0.481 e. The monoisotopic (exact) mass is 278 g/mol. The number of alkyl halides is 3. The van der Waals surface area contributed by atoms with E-state index in [1.54, 1.807) is 0 Å². The highest BCUT2D eigenvalue weighted by Crippen LogP contribution is 2.37. The molecule has 0 saturated carbocycles. The molecule has 0 aromatic heterocycles. The number of nitrogens with zero attached hydrogens (tertiary/aromatic N) is 1. The number of ketones is 1. The quantitative estimate of drug-likeness (QED) is 0.750. The Morgan fingerprint density at radius 3 is 2.58 bits per heavy atom. The topological polar surface area (TPSA) is 86.7 Å². The maximum atomic E-state index is 12.5. The molecule has 0 bridgehead atoms. The van der Waals surface area contributed by atoms with Gasteiger partial charge in [-0.15, -0.1) is 0 Å². The summed E-state index contributed by atoms with van der Waals surface area (Å²) < 4.78 is 37.5. The zero-order chi connectivity index (χ0) is 14.4. The van der Waals surface area contributed by atoms with E-state index in [2.05, 4.69) is 5.32 Å². The lowest BCUT2D eigenvalue weighted by molar-refractivity contribution is -0.167. The van der Waals surface area contributed by atoms with Crippen molar-refractivity contribution < 1.29 is 32.7 Å². The summed E-state index contributed by atoms with van der Waals surface area (Å²) in [5.74, 6) is -6.17. The van der Waals surface area contributed by atoms with Crippen LogP contribution in [0.3, 0.4) is 0 Å². The third-order valence-corrected chi connectivity index (χ3v) is 2.95. The van der Waals surface area contributed by atoms with Gasteiger partial charge in [-0.25, -0.2) is 0 Å². The lowest BCUT2D eigenvalue weighted by Gasteiger charge is -2.12. The van der Waals surface area contributed by atoms with E-state index < -0.39 is 41.7 Å². The number of carbonyl (C=O) groups excluding carboxylic acids is 2. The van der Waals surface area contributed by atoms with Crippen molar-refractivity contribution in [2.24, 2.45) is 5.92 Å². The first-order valence-corrected chi connectivity index (χ1v) is 5.36. The van der Waals surface area contributed by atoms with Crippen LogP contribution in [-0.4, -0.2) is 46.9 Å². The number of hydrogen-bond acceptors (Lipinski definition) is 4. The number of rotatable bonds is 3. The van der Waals surface area contributed by atoms with Gasteiger partial charge in [0.1, 0.15) is 5.82 Å². The summed E-state index contributed by atoms with van der Waals surface area (Å²) in [6, 6.07) is 0. The second-order valence-electron chi connectivity index (χ2n) is 4.16. The predicted octanol–water partition coefficient (Wildman–Crippen LogP) is -0.134. The van der Waals surface area contributed by atoms with E-state index in [9.17, 15) is 27.6 Å². The van der Waals surface area contributed by atoms with E-state index in [-0.39, 0.29) is 18.9 Å². The van der Waals surface area contributed by atoms with Crippen LogP contribution < -0.4 is 5.32 Å². The number of hydrogen-bond donors (Lipinski definition) is 2. The van der Waals surface area contributed by atoms with Crippen molar-refractivity contribution in [3.05, 3.63) is 11.4 Å². The fourth-order valence-corrected chi connectivity index (χ4v) is 2.21. The highest BCUT2D eigenvalue weighted by Gasteiger charge is 2.52. The number of halogens is 3. The molecule has 0 aliphatic carbocycles. The Morgan fingerprint density at radius 1 is 1.42 bits per heavy atom. The van der Waals surface area contributed by atoms with Gasteiger partial charge in [-0.05, 0) is 0 Å². The van der Waals surface area contributed by atoms with Gasteiger partial charge >= 0.3 is 12.1 Å². The highest BCUT2D eigenvalue weighted by atomic mass is 19.4. The Morgan fingerprint density at radius 2 is 2.05 bits per heavy atom. The van der Waals surface area contributed by atoms with Crippen molar-refractivity contribution in [1.29, 1.82) is 0 Å². The Kier molecular flexibility index (Phi) is 2.99. The van der Waals surface area contributed by atoms with Gasteiger partial charge in [-0.3, -0.25) is 19.3 Å². The number of carboxylic acids is 1. The third-order valence-electron chi connectivity index (χ3n) is 2.95. The van der Waals surface area contributed by atoms with E-state index in [1.807, 2.05) is 0 Å². The zero-order valence-electron chi connectivity index (χ0n) is 9.45. The molecule has 6 nitrogen and oxygen atoms in total. The maximum absolute atomic E-state index is 12.5. The van der Waals surface area contributed by atoms with E-state index in [1.165, 1.54) is 0 Å². The molecule has 0 aromatic carbocycles. The average molecular weight is 278 g/mol. The summed E-state index contributed by atoms with van der Waals surface area (Å²) in [6.07, 6.45) is -5.97. The van der Waals surface area contributed by atoms with Crippen LogP contribution in [0.1, 0.15) is 6.42 Å². The SMILES string of the molecule is O=C(O)CC1C(=O)N2CCNC2=C1C(=O)C(F)(F)F. The third kappa shape index (κ3) is 2.15. The van der Waals surface area contributed by atoms with Gasteiger partial charge < -0.3 is 10.4 Å². The van der Waals surface area contributed by atoms with Gasteiger partial charge in [0.05, 0.1) is 17.9 Å². The smallest absolute Gasteiger partial charge is 0.454 e. The summed E-state index contributed by atoms with van der Waals surface area (Å²) in [7, 11) is 0. The molecule has 1 atom stereocenters. The zero-order valence-corrected chi connectivity index (χ0v) is 9.45. The minimum absolute atomic E-state index is 0.124. The Labute approximate surface area is 104 Å². The summed E-state index contributed by atoms with van der Waals surface area (Å²) in [5, 5.41) is 11.2.